The van der Waals surface area contributed by atoms with Crippen LogP contribution in [-0.2, 0) is 17.4 Å². The lowest BCUT2D eigenvalue weighted by atomic mass is 9.88. The Morgan fingerprint density at radius 1 is 1.36 bits per heavy atom. The Morgan fingerprint density at radius 3 is 2.55 bits per heavy atom. The first-order valence-corrected chi connectivity index (χ1v) is 7.03. The van der Waals surface area contributed by atoms with Crippen LogP contribution in [0.15, 0.2) is 24.3 Å². The van der Waals surface area contributed by atoms with Crippen LogP contribution in [0.2, 0.25) is 0 Å². The van der Waals surface area contributed by atoms with E-state index >= 15 is 0 Å². The largest absolute Gasteiger partial charge is 0.416 e. The minimum absolute atomic E-state index is 0. The third kappa shape index (κ3) is 4.61. The first-order valence-electron chi connectivity index (χ1n) is 7.03. The standard InChI is InChI=1S/C15H19F3N2O.ClH/c1-10(12-8-19-9-12)14(21)20-7-6-11-4-2-3-5-13(11)15(16,17)18;/h2-5,10,12,19H,6-9H2,1H3,(H,20,21);1H. The number of carbonyl (C=O) groups excluding carboxylic acids is 1. The van der Waals surface area contributed by atoms with Gasteiger partial charge in [-0.2, -0.15) is 13.2 Å². The SMILES string of the molecule is CC(C(=O)NCCc1ccccc1C(F)(F)F)C1CNC1.Cl. The van der Waals surface area contributed by atoms with Gasteiger partial charge in [-0.15, -0.1) is 12.4 Å². The molecule has 1 aromatic carbocycles. The van der Waals surface area contributed by atoms with Gasteiger partial charge in [-0.3, -0.25) is 4.79 Å². The van der Waals surface area contributed by atoms with Crippen molar-refractivity contribution < 1.29 is 18.0 Å². The highest BCUT2D eigenvalue weighted by molar-refractivity contribution is 5.85. The maximum absolute atomic E-state index is 12.8. The predicted octanol–water partition coefficient (Wildman–Crippen LogP) is 2.64. The van der Waals surface area contributed by atoms with E-state index in [0.29, 0.717) is 5.92 Å². The summed E-state index contributed by atoms with van der Waals surface area (Å²) in [6.45, 7) is 3.72. The summed E-state index contributed by atoms with van der Waals surface area (Å²) in [4.78, 5) is 11.9. The lowest BCUT2D eigenvalue weighted by Crippen LogP contribution is -2.49. The number of hydrogen-bond acceptors (Lipinski definition) is 2. The van der Waals surface area contributed by atoms with E-state index in [4.69, 9.17) is 0 Å². The second kappa shape index (κ2) is 7.83. The maximum atomic E-state index is 12.8. The number of carbonyl (C=O) groups is 1. The highest BCUT2D eigenvalue weighted by Crippen LogP contribution is 2.31. The average Bonchev–Trinajstić information content (AvgIpc) is 2.36. The van der Waals surface area contributed by atoms with Crippen molar-refractivity contribution in [1.29, 1.82) is 0 Å². The van der Waals surface area contributed by atoms with Crippen LogP contribution in [0.5, 0.6) is 0 Å². The smallest absolute Gasteiger partial charge is 0.356 e. The molecule has 1 atom stereocenters. The summed E-state index contributed by atoms with van der Waals surface area (Å²) in [6.07, 6.45) is -4.18. The van der Waals surface area contributed by atoms with Crippen molar-refractivity contribution in [3.63, 3.8) is 0 Å². The zero-order chi connectivity index (χ0) is 15.5. The molecular formula is C15H20ClF3N2O. The van der Waals surface area contributed by atoms with Crippen LogP contribution in [0.4, 0.5) is 13.2 Å². The second-order valence-corrected chi connectivity index (χ2v) is 5.40. The van der Waals surface area contributed by atoms with Crippen molar-refractivity contribution in [2.75, 3.05) is 19.6 Å². The molecule has 2 N–H and O–H groups in total. The van der Waals surface area contributed by atoms with Crippen molar-refractivity contribution in [1.82, 2.24) is 10.6 Å². The Kier molecular flexibility index (Phi) is 6.68. The van der Waals surface area contributed by atoms with E-state index in [1.807, 2.05) is 6.92 Å². The molecule has 1 unspecified atom stereocenters. The predicted molar refractivity (Wildman–Crippen MR) is 80.9 cm³/mol. The summed E-state index contributed by atoms with van der Waals surface area (Å²) in [5.41, 5.74) is -0.418. The van der Waals surface area contributed by atoms with Gasteiger partial charge >= 0.3 is 6.18 Å². The van der Waals surface area contributed by atoms with Crippen molar-refractivity contribution in [3.8, 4) is 0 Å². The molecule has 1 heterocycles. The third-order valence-electron chi connectivity index (χ3n) is 3.95. The molecule has 124 valence electrons. The molecule has 1 aromatic rings. The molecule has 2 rings (SSSR count). The summed E-state index contributed by atoms with van der Waals surface area (Å²) < 4.78 is 38.5. The maximum Gasteiger partial charge on any atom is 0.416 e. The van der Waals surface area contributed by atoms with Crippen LogP contribution in [0.25, 0.3) is 0 Å². The summed E-state index contributed by atoms with van der Waals surface area (Å²) in [5, 5.41) is 5.82. The molecule has 1 fully saturated rings. The summed E-state index contributed by atoms with van der Waals surface area (Å²) in [6, 6.07) is 5.47. The zero-order valence-corrected chi connectivity index (χ0v) is 13.1. The normalized spacial score (nSPS) is 16.4. The molecule has 22 heavy (non-hydrogen) atoms. The molecule has 1 aliphatic rings. The van der Waals surface area contributed by atoms with Crippen molar-refractivity contribution in [3.05, 3.63) is 35.4 Å². The first-order chi connectivity index (χ1) is 9.89. The van der Waals surface area contributed by atoms with Crippen LogP contribution in [-0.4, -0.2) is 25.5 Å². The number of alkyl halides is 3. The van der Waals surface area contributed by atoms with Crippen LogP contribution >= 0.6 is 12.4 Å². The first kappa shape index (κ1) is 18.8. The van der Waals surface area contributed by atoms with E-state index in [9.17, 15) is 18.0 Å². The summed E-state index contributed by atoms with van der Waals surface area (Å²) >= 11 is 0. The van der Waals surface area contributed by atoms with Crippen molar-refractivity contribution in [2.24, 2.45) is 11.8 Å². The number of amides is 1. The minimum atomic E-state index is -4.36. The Labute approximate surface area is 134 Å². The Morgan fingerprint density at radius 2 is 2.00 bits per heavy atom. The monoisotopic (exact) mass is 336 g/mol. The highest BCUT2D eigenvalue weighted by atomic mass is 35.5. The fourth-order valence-corrected chi connectivity index (χ4v) is 2.37. The quantitative estimate of drug-likeness (QED) is 0.868. The molecular weight excluding hydrogens is 317 g/mol. The second-order valence-electron chi connectivity index (χ2n) is 5.40. The van der Waals surface area contributed by atoms with E-state index in [-0.39, 0.29) is 42.8 Å². The molecule has 1 aliphatic heterocycles. The van der Waals surface area contributed by atoms with Crippen LogP contribution in [0, 0.1) is 11.8 Å². The number of rotatable bonds is 5. The van der Waals surface area contributed by atoms with Gasteiger partial charge in [0.15, 0.2) is 0 Å². The van der Waals surface area contributed by atoms with Gasteiger partial charge in [0.2, 0.25) is 5.91 Å². The molecule has 3 nitrogen and oxygen atoms in total. The van der Waals surface area contributed by atoms with Gasteiger partial charge in [0, 0.05) is 12.5 Å². The van der Waals surface area contributed by atoms with E-state index in [0.717, 1.165) is 19.2 Å². The fraction of sp³-hybridized carbons (Fsp3) is 0.533. The van der Waals surface area contributed by atoms with Crippen LogP contribution in [0.1, 0.15) is 18.1 Å². The number of benzene rings is 1. The Balaban J connectivity index is 0.00000242. The fourth-order valence-electron chi connectivity index (χ4n) is 2.37. The lowest BCUT2D eigenvalue weighted by molar-refractivity contribution is -0.138. The van der Waals surface area contributed by atoms with E-state index in [1.165, 1.54) is 12.1 Å². The van der Waals surface area contributed by atoms with Gasteiger partial charge in [0.1, 0.15) is 0 Å². The van der Waals surface area contributed by atoms with Gasteiger partial charge < -0.3 is 10.6 Å². The molecule has 0 spiro atoms. The topological polar surface area (TPSA) is 41.1 Å². The summed E-state index contributed by atoms with van der Waals surface area (Å²) in [7, 11) is 0. The molecule has 0 radical (unpaired) electrons. The van der Waals surface area contributed by atoms with E-state index < -0.39 is 11.7 Å². The van der Waals surface area contributed by atoms with Crippen LogP contribution in [0.3, 0.4) is 0 Å². The molecule has 7 heteroatoms. The van der Waals surface area contributed by atoms with Gasteiger partial charge in [-0.25, -0.2) is 0 Å². The zero-order valence-electron chi connectivity index (χ0n) is 12.2. The molecule has 1 amide bonds. The summed E-state index contributed by atoms with van der Waals surface area (Å²) in [5.74, 6) is 0.127. The van der Waals surface area contributed by atoms with Gasteiger partial charge in [-0.1, -0.05) is 25.1 Å². The van der Waals surface area contributed by atoms with E-state index in [2.05, 4.69) is 10.6 Å². The lowest BCUT2D eigenvalue weighted by Gasteiger charge is -2.31. The number of halogens is 4. The molecule has 0 saturated carbocycles. The van der Waals surface area contributed by atoms with Crippen molar-refractivity contribution >= 4 is 18.3 Å². The minimum Gasteiger partial charge on any atom is -0.356 e. The molecule has 0 aromatic heterocycles. The van der Waals surface area contributed by atoms with Crippen LogP contribution < -0.4 is 10.6 Å². The average molecular weight is 337 g/mol. The molecule has 0 aliphatic carbocycles. The Hall–Kier alpha value is -1.27. The highest BCUT2D eigenvalue weighted by Gasteiger charge is 2.33. The Bertz CT molecular complexity index is 504. The number of nitrogens with one attached hydrogen (secondary N) is 2. The van der Waals surface area contributed by atoms with E-state index in [1.54, 1.807) is 6.07 Å². The molecule has 0 bridgehead atoms. The van der Waals surface area contributed by atoms with Crippen molar-refractivity contribution in [2.45, 2.75) is 19.5 Å². The van der Waals surface area contributed by atoms with Gasteiger partial charge in [-0.05, 0) is 37.1 Å². The van der Waals surface area contributed by atoms with Gasteiger partial charge in [0.05, 0.1) is 5.56 Å². The van der Waals surface area contributed by atoms with Gasteiger partial charge in [0.25, 0.3) is 0 Å². The molecule has 1 saturated heterocycles. The third-order valence-corrected chi connectivity index (χ3v) is 3.95. The number of hydrogen-bond donors (Lipinski definition) is 2.